The Kier molecular flexibility index (Phi) is 4.99. The highest BCUT2D eigenvalue weighted by molar-refractivity contribution is 7.17. The molecule has 1 aromatic carbocycles. The van der Waals surface area contributed by atoms with Crippen LogP contribution in [0.4, 0.5) is 4.39 Å². The second kappa shape index (κ2) is 7.19. The first-order valence-electron chi connectivity index (χ1n) is 8.07. The second-order valence-corrected chi connectivity index (χ2v) is 7.20. The Bertz CT molecular complexity index is 944. The van der Waals surface area contributed by atoms with E-state index in [2.05, 4.69) is 5.32 Å². The zero-order valence-electron chi connectivity index (χ0n) is 14.0. The maximum absolute atomic E-state index is 13.1. The summed E-state index contributed by atoms with van der Waals surface area (Å²) in [7, 11) is 0. The molecule has 0 aliphatic carbocycles. The fourth-order valence-electron chi connectivity index (χ4n) is 2.84. The molecule has 1 atom stereocenters. The van der Waals surface area contributed by atoms with E-state index >= 15 is 0 Å². The maximum Gasteiger partial charge on any atom is 0.240 e. The summed E-state index contributed by atoms with van der Waals surface area (Å²) in [5, 5.41) is 4.86. The predicted molar refractivity (Wildman–Crippen MR) is 98.2 cm³/mol. The molecule has 0 radical (unpaired) electrons. The van der Waals surface area contributed by atoms with Gasteiger partial charge in [-0.1, -0.05) is 26.0 Å². The number of carbonyl (C=O) groups is 1. The second-order valence-electron chi connectivity index (χ2n) is 6.28. The van der Waals surface area contributed by atoms with Crippen molar-refractivity contribution >= 4 is 27.5 Å². The van der Waals surface area contributed by atoms with Crippen LogP contribution in [0.25, 0.3) is 10.2 Å². The van der Waals surface area contributed by atoms with Crippen LogP contribution in [0, 0.1) is 11.7 Å². The van der Waals surface area contributed by atoms with Crippen LogP contribution in [0.2, 0.25) is 0 Å². The molecular weight excluding hydrogens is 339 g/mol. The number of thiophene rings is 1. The number of hydrogen-bond donors (Lipinski definition) is 1. The molecule has 4 nitrogen and oxygen atoms in total. The van der Waals surface area contributed by atoms with Crippen LogP contribution < -0.4 is 10.7 Å². The van der Waals surface area contributed by atoms with Crippen molar-refractivity contribution in [3.63, 3.8) is 0 Å². The number of aromatic nitrogens is 1. The smallest absolute Gasteiger partial charge is 0.240 e. The van der Waals surface area contributed by atoms with E-state index in [1.165, 1.54) is 29.5 Å². The van der Waals surface area contributed by atoms with Gasteiger partial charge in [0.15, 0.2) is 5.43 Å². The number of halogens is 1. The van der Waals surface area contributed by atoms with Crippen molar-refractivity contribution in [2.75, 3.05) is 0 Å². The summed E-state index contributed by atoms with van der Waals surface area (Å²) in [5.41, 5.74) is 1.59. The summed E-state index contributed by atoms with van der Waals surface area (Å²) >= 11 is 1.37. The first-order valence-corrected chi connectivity index (χ1v) is 8.95. The van der Waals surface area contributed by atoms with Gasteiger partial charge in [-0.15, -0.1) is 11.3 Å². The topological polar surface area (TPSA) is 51.1 Å². The van der Waals surface area contributed by atoms with Gasteiger partial charge in [-0.25, -0.2) is 4.39 Å². The molecular formula is C19H19FN2O2S. The molecule has 0 saturated carbocycles. The summed E-state index contributed by atoms with van der Waals surface area (Å²) in [6.45, 7) is 4.13. The number of rotatable bonds is 5. The van der Waals surface area contributed by atoms with Crippen molar-refractivity contribution in [3.05, 3.63) is 69.6 Å². The van der Waals surface area contributed by atoms with E-state index in [0.29, 0.717) is 4.70 Å². The minimum Gasteiger partial charge on any atom is -0.347 e. The van der Waals surface area contributed by atoms with Crippen molar-refractivity contribution < 1.29 is 9.18 Å². The molecule has 6 heteroatoms. The summed E-state index contributed by atoms with van der Waals surface area (Å²) in [6.07, 6.45) is 1.64. The third kappa shape index (κ3) is 3.79. The Morgan fingerprint density at radius 1 is 1.20 bits per heavy atom. The van der Waals surface area contributed by atoms with E-state index in [4.69, 9.17) is 0 Å². The lowest BCUT2D eigenvalue weighted by Gasteiger charge is -2.23. The van der Waals surface area contributed by atoms with Gasteiger partial charge in [-0.05, 0) is 35.1 Å². The van der Waals surface area contributed by atoms with Gasteiger partial charge < -0.3 is 9.88 Å². The zero-order valence-corrected chi connectivity index (χ0v) is 14.8. The molecule has 1 amide bonds. The Morgan fingerprint density at radius 2 is 1.92 bits per heavy atom. The third-order valence-electron chi connectivity index (χ3n) is 4.11. The van der Waals surface area contributed by atoms with Crippen LogP contribution in [0.5, 0.6) is 0 Å². The molecule has 25 heavy (non-hydrogen) atoms. The van der Waals surface area contributed by atoms with E-state index < -0.39 is 0 Å². The fourth-order valence-corrected chi connectivity index (χ4v) is 3.67. The van der Waals surface area contributed by atoms with Crippen LogP contribution in [0.3, 0.4) is 0 Å². The maximum atomic E-state index is 13.1. The number of pyridine rings is 1. The molecule has 1 N–H and O–H groups in total. The number of benzene rings is 1. The Morgan fingerprint density at radius 3 is 2.60 bits per heavy atom. The standard InChI is InChI=1S/C19H19FN2O2S/c1-12(2)18(13-3-5-14(20)6-4-13)21-17(24)11-22-9-7-16(23)19-15(22)8-10-25-19/h3-10,12,18H,11H2,1-2H3,(H,21,24). The molecule has 130 valence electrons. The van der Waals surface area contributed by atoms with Gasteiger partial charge in [0.2, 0.25) is 5.91 Å². The van der Waals surface area contributed by atoms with Crippen molar-refractivity contribution in [2.24, 2.45) is 5.92 Å². The van der Waals surface area contributed by atoms with Crippen molar-refractivity contribution in [1.82, 2.24) is 9.88 Å². The quantitative estimate of drug-likeness (QED) is 0.756. The van der Waals surface area contributed by atoms with E-state index in [1.54, 1.807) is 22.9 Å². The molecule has 1 unspecified atom stereocenters. The highest BCUT2D eigenvalue weighted by Gasteiger charge is 2.19. The first kappa shape index (κ1) is 17.4. The molecule has 2 aromatic heterocycles. The summed E-state index contributed by atoms with van der Waals surface area (Å²) in [6, 6.07) is 9.29. The Labute approximate surface area is 148 Å². The molecule has 3 aromatic rings. The molecule has 2 heterocycles. The van der Waals surface area contributed by atoms with Crippen LogP contribution in [0.1, 0.15) is 25.5 Å². The number of fused-ring (bicyclic) bond motifs is 1. The van der Waals surface area contributed by atoms with Crippen LogP contribution >= 0.6 is 11.3 Å². The van der Waals surface area contributed by atoms with E-state index in [9.17, 15) is 14.0 Å². The van der Waals surface area contributed by atoms with E-state index in [-0.39, 0.29) is 35.7 Å². The number of amides is 1. The highest BCUT2D eigenvalue weighted by Crippen LogP contribution is 2.22. The van der Waals surface area contributed by atoms with Gasteiger partial charge in [-0.2, -0.15) is 0 Å². The molecule has 0 aliphatic heterocycles. The molecule has 3 rings (SSSR count). The molecule has 0 fully saturated rings. The van der Waals surface area contributed by atoms with E-state index in [0.717, 1.165) is 11.1 Å². The Balaban J connectivity index is 1.80. The fraction of sp³-hybridized carbons (Fsp3) is 0.263. The van der Waals surface area contributed by atoms with Crippen molar-refractivity contribution in [2.45, 2.75) is 26.4 Å². The minimum atomic E-state index is -0.300. The highest BCUT2D eigenvalue weighted by atomic mass is 32.1. The summed E-state index contributed by atoms with van der Waals surface area (Å²) in [5.74, 6) is -0.297. The Hall–Kier alpha value is -2.47. The van der Waals surface area contributed by atoms with Crippen LogP contribution in [-0.4, -0.2) is 10.5 Å². The summed E-state index contributed by atoms with van der Waals surface area (Å²) < 4.78 is 15.6. The average molecular weight is 358 g/mol. The van der Waals surface area contributed by atoms with Crippen LogP contribution in [0.15, 0.2) is 52.8 Å². The third-order valence-corrected chi connectivity index (χ3v) is 5.03. The average Bonchev–Trinajstić information content (AvgIpc) is 3.07. The minimum absolute atomic E-state index is 0.0342. The zero-order chi connectivity index (χ0) is 18.0. The number of hydrogen-bond acceptors (Lipinski definition) is 3. The van der Waals surface area contributed by atoms with Gasteiger partial charge in [0.05, 0.1) is 16.3 Å². The lowest BCUT2D eigenvalue weighted by molar-refractivity contribution is -0.122. The van der Waals surface area contributed by atoms with Crippen molar-refractivity contribution in [3.8, 4) is 0 Å². The van der Waals surface area contributed by atoms with Crippen LogP contribution in [-0.2, 0) is 11.3 Å². The number of carbonyl (C=O) groups excluding carboxylic acids is 1. The van der Waals surface area contributed by atoms with Gasteiger partial charge in [0.1, 0.15) is 12.4 Å². The molecule has 0 bridgehead atoms. The van der Waals surface area contributed by atoms with E-state index in [1.807, 2.05) is 25.3 Å². The monoisotopic (exact) mass is 358 g/mol. The van der Waals surface area contributed by atoms with Gasteiger partial charge in [0, 0.05) is 12.3 Å². The largest absolute Gasteiger partial charge is 0.347 e. The lowest BCUT2D eigenvalue weighted by Crippen LogP contribution is -2.34. The van der Waals surface area contributed by atoms with Crippen molar-refractivity contribution in [1.29, 1.82) is 0 Å². The number of nitrogens with zero attached hydrogens (tertiary/aromatic N) is 1. The first-order chi connectivity index (χ1) is 12.0. The predicted octanol–water partition coefficient (Wildman–Crippen LogP) is 3.72. The normalized spacial score (nSPS) is 12.5. The van der Waals surface area contributed by atoms with Gasteiger partial charge in [0.25, 0.3) is 0 Å². The lowest BCUT2D eigenvalue weighted by atomic mass is 9.96. The molecule has 0 aliphatic rings. The number of nitrogens with one attached hydrogen (secondary N) is 1. The van der Waals surface area contributed by atoms with Gasteiger partial charge >= 0.3 is 0 Å². The molecule has 0 spiro atoms. The summed E-state index contributed by atoms with van der Waals surface area (Å²) in [4.78, 5) is 24.4. The van der Waals surface area contributed by atoms with Gasteiger partial charge in [-0.3, -0.25) is 9.59 Å². The SMILES string of the molecule is CC(C)C(NC(=O)Cn1ccc(=O)c2sccc21)c1ccc(F)cc1. The molecule has 0 saturated heterocycles.